The first-order valence-corrected chi connectivity index (χ1v) is 9.47. The highest BCUT2D eigenvalue weighted by Gasteiger charge is 2.07. The van der Waals surface area contributed by atoms with Crippen LogP contribution in [0.3, 0.4) is 0 Å². The fourth-order valence-corrected chi connectivity index (χ4v) is 4.08. The molecule has 0 fully saturated rings. The third-order valence-corrected chi connectivity index (χ3v) is 5.24. The van der Waals surface area contributed by atoms with Crippen LogP contribution in [-0.2, 0) is 4.79 Å². The molecule has 26 heavy (non-hydrogen) atoms. The van der Waals surface area contributed by atoms with Crippen LogP contribution in [0.15, 0.2) is 109 Å². The Balaban J connectivity index is 1.70. The lowest BCUT2D eigenvalue weighted by Crippen LogP contribution is -2.14. The fourth-order valence-electron chi connectivity index (χ4n) is 1.95. The summed E-state index contributed by atoms with van der Waals surface area (Å²) in [6.07, 6.45) is 4.56. The zero-order chi connectivity index (χ0) is 18.0. The summed E-state index contributed by atoms with van der Waals surface area (Å²) < 4.78 is 5.98. The van der Waals surface area contributed by atoms with Crippen LogP contribution in [0.4, 0.5) is 0 Å². The second kappa shape index (κ2) is 9.70. The number of hydrogen-bond acceptors (Lipinski definition) is 5. The van der Waals surface area contributed by atoms with Crippen molar-refractivity contribution in [2.24, 2.45) is 5.10 Å². The molecule has 0 spiro atoms. The van der Waals surface area contributed by atoms with Crippen molar-refractivity contribution in [3.05, 3.63) is 95.1 Å². The van der Waals surface area contributed by atoms with Gasteiger partial charge < -0.3 is 4.42 Å². The second-order valence-electron chi connectivity index (χ2n) is 5.04. The first kappa shape index (κ1) is 18.1. The number of carbonyl (C=O) groups is 1. The van der Waals surface area contributed by atoms with Crippen LogP contribution in [-0.4, -0.2) is 12.1 Å². The Morgan fingerprint density at radius 3 is 2.04 bits per heavy atom. The summed E-state index contributed by atoms with van der Waals surface area (Å²) in [7, 11) is 0. The van der Waals surface area contributed by atoms with Crippen molar-refractivity contribution in [1.29, 1.82) is 0 Å². The molecule has 6 heteroatoms. The molecule has 1 aromatic heterocycles. The Kier molecular flexibility index (Phi) is 6.75. The van der Waals surface area contributed by atoms with Crippen molar-refractivity contribution in [2.45, 2.75) is 9.79 Å². The number of hydrazone groups is 1. The molecule has 3 rings (SSSR count). The summed E-state index contributed by atoms with van der Waals surface area (Å²) in [6.45, 7) is 0. The number of nitrogens with one attached hydrogen (secondary N) is 1. The third kappa shape index (κ3) is 5.98. The van der Waals surface area contributed by atoms with Gasteiger partial charge in [0.25, 0.3) is 5.91 Å². The quantitative estimate of drug-likeness (QED) is 0.266. The molecule has 0 saturated carbocycles. The molecule has 1 N–H and O–H groups in total. The van der Waals surface area contributed by atoms with Gasteiger partial charge >= 0.3 is 0 Å². The van der Waals surface area contributed by atoms with Gasteiger partial charge in [0, 0.05) is 15.9 Å². The van der Waals surface area contributed by atoms with Crippen LogP contribution < -0.4 is 5.43 Å². The van der Waals surface area contributed by atoms with E-state index in [2.05, 4.69) is 10.5 Å². The Bertz CT molecular complexity index is 833. The van der Waals surface area contributed by atoms with Gasteiger partial charge in [0.15, 0.2) is 0 Å². The van der Waals surface area contributed by atoms with E-state index >= 15 is 0 Å². The predicted molar refractivity (Wildman–Crippen MR) is 107 cm³/mol. The van der Waals surface area contributed by atoms with E-state index in [-0.39, 0.29) is 5.91 Å². The molecule has 1 amide bonds. The zero-order valence-corrected chi connectivity index (χ0v) is 15.4. The first-order chi connectivity index (χ1) is 12.8. The van der Waals surface area contributed by atoms with Crippen molar-refractivity contribution in [3.8, 4) is 0 Å². The van der Waals surface area contributed by atoms with E-state index in [1.807, 2.05) is 60.7 Å². The number of carbonyl (C=O) groups excluding carboxylic acids is 1. The molecule has 0 radical (unpaired) electrons. The van der Waals surface area contributed by atoms with E-state index in [1.54, 1.807) is 24.5 Å². The van der Waals surface area contributed by atoms with Crippen LogP contribution >= 0.6 is 23.5 Å². The van der Waals surface area contributed by atoms with Crippen molar-refractivity contribution < 1.29 is 9.21 Å². The van der Waals surface area contributed by atoms with Gasteiger partial charge in [-0.15, -0.1) is 0 Å². The molecular weight excluding hydrogens is 364 g/mol. The minimum absolute atomic E-state index is 0.297. The summed E-state index contributed by atoms with van der Waals surface area (Å²) in [5, 5.41) is 3.90. The smallest absolute Gasteiger partial charge is 0.265 e. The van der Waals surface area contributed by atoms with Gasteiger partial charge in [0.2, 0.25) is 0 Å². The number of nitrogens with zero attached hydrogens (tertiary/aromatic N) is 1. The minimum atomic E-state index is -0.297. The molecule has 0 aliphatic rings. The van der Waals surface area contributed by atoms with Crippen molar-refractivity contribution >= 4 is 35.6 Å². The number of furan rings is 1. The Morgan fingerprint density at radius 2 is 1.50 bits per heavy atom. The first-order valence-electron chi connectivity index (χ1n) is 7.83. The van der Waals surface area contributed by atoms with Crippen LogP contribution in [0.5, 0.6) is 0 Å². The predicted octanol–water partition coefficient (Wildman–Crippen LogP) is 5.16. The number of rotatable bonds is 7. The number of benzene rings is 2. The monoisotopic (exact) mass is 380 g/mol. The highest BCUT2D eigenvalue weighted by molar-refractivity contribution is 8.22. The molecule has 0 atom stereocenters. The molecule has 2 aromatic carbocycles. The standard InChI is InChI=1S/C20H16N2O2S2/c23-19(22-21-15-16-8-7-13-24-16)14-20(25-17-9-3-1-4-10-17)26-18-11-5-2-6-12-18/h1-15H,(H,22,23)/b21-15-. The summed E-state index contributed by atoms with van der Waals surface area (Å²) in [5.41, 5.74) is 2.49. The Labute approximate surface area is 160 Å². The SMILES string of the molecule is O=C(C=C(Sc1ccccc1)Sc1ccccc1)N/N=C\c1ccco1. The second-order valence-corrected chi connectivity index (χ2v) is 7.53. The average molecular weight is 380 g/mol. The number of thioether (sulfide) groups is 2. The van der Waals surface area contributed by atoms with Crippen molar-refractivity contribution in [3.63, 3.8) is 0 Å². The molecular formula is C20H16N2O2S2. The van der Waals surface area contributed by atoms with Crippen LogP contribution in [0.2, 0.25) is 0 Å². The maximum absolute atomic E-state index is 12.2. The van der Waals surface area contributed by atoms with Gasteiger partial charge in [0.05, 0.1) is 16.7 Å². The molecule has 130 valence electrons. The van der Waals surface area contributed by atoms with Gasteiger partial charge in [-0.05, 0) is 36.4 Å². The highest BCUT2D eigenvalue weighted by Crippen LogP contribution is 2.38. The van der Waals surface area contributed by atoms with Gasteiger partial charge in [-0.1, -0.05) is 59.9 Å². The molecule has 3 aromatic rings. The largest absolute Gasteiger partial charge is 0.463 e. The zero-order valence-electron chi connectivity index (χ0n) is 13.7. The van der Waals surface area contributed by atoms with Gasteiger partial charge in [-0.3, -0.25) is 4.79 Å². The number of hydrogen-bond donors (Lipinski definition) is 1. The van der Waals surface area contributed by atoms with Crippen LogP contribution in [0.1, 0.15) is 5.76 Å². The van der Waals surface area contributed by atoms with Gasteiger partial charge in [-0.25, -0.2) is 5.43 Å². The lowest BCUT2D eigenvalue weighted by atomic mass is 10.4. The Morgan fingerprint density at radius 1 is 0.885 bits per heavy atom. The third-order valence-electron chi connectivity index (χ3n) is 3.08. The number of amides is 1. The molecule has 0 aliphatic carbocycles. The van der Waals surface area contributed by atoms with E-state index in [9.17, 15) is 4.79 Å². The van der Waals surface area contributed by atoms with Crippen LogP contribution in [0.25, 0.3) is 0 Å². The normalized spacial score (nSPS) is 10.6. The summed E-state index contributed by atoms with van der Waals surface area (Å²) in [6, 6.07) is 23.4. The van der Waals surface area contributed by atoms with E-state index in [1.165, 1.54) is 29.7 Å². The maximum atomic E-state index is 12.2. The van der Waals surface area contributed by atoms with Crippen molar-refractivity contribution in [2.75, 3.05) is 0 Å². The summed E-state index contributed by atoms with van der Waals surface area (Å²) >= 11 is 3.07. The van der Waals surface area contributed by atoms with E-state index in [0.29, 0.717) is 5.76 Å². The minimum Gasteiger partial charge on any atom is -0.463 e. The van der Waals surface area contributed by atoms with E-state index in [0.717, 1.165) is 14.0 Å². The Hall–Kier alpha value is -2.70. The lowest BCUT2D eigenvalue weighted by Gasteiger charge is -2.07. The molecule has 4 nitrogen and oxygen atoms in total. The highest BCUT2D eigenvalue weighted by atomic mass is 32.2. The van der Waals surface area contributed by atoms with Crippen molar-refractivity contribution in [1.82, 2.24) is 5.43 Å². The molecule has 0 saturated heterocycles. The van der Waals surface area contributed by atoms with Crippen LogP contribution in [0, 0.1) is 0 Å². The van der Waals surface area contributed by atoms with E-state index in [4.69, 9.17) is 4.42 Å². The fraction of sp³-hybridized carbons (Fsp3) is 0. The topological polar surface area (TPSA) is 54.6 Å². The maximum Gasteiger partial charge on any atom is 0.265 e. The molecule has 0 unspecified atom stereocenters. The van der Waals surface area contributed by atoms with Gasteiger partial charge in [-0.2, -0.15) is 5.10 Å². The van der Waals surface area contributed by atoms with Gasteiger partial charge in [0.1, 0.15) is 5.76 Å². The summed E-state index contributed by atoms with van der Waals surface area (Å²) in [4.78, 5) is 14.3. The van der Waals surface area contributed by atoms with E-state index < -0.39 is 0 Å². The molecule has 1 heterocycles. The molecule has 0 aliphatic heterocycles. The summed E-state index contributed by atoms with van der Waals surface area (Å²) in [5.74, 6) is 0.279. The lowest BCUT2D eigenvalue weighted by molar-refractivity contribution is -0.116. The average Bonchev–Trinajstić information content (AvgIpc) is 3.17. The molecule has 0 bridgehead atoms.